The second kappa shape index (κ2) is 9.53. The molecular formula is C23H18FN3O4. The largest absolute Gasteiger partial charge is 0.484 e. The Balaban J connectivity index is 1.35. The first-order valence-corrected chi connectivity index (χ1v) is 9.45. The number of anilines is 1. The van der Waals surface area contributed by atoms with E-state index < -0.39 is 0 Å². The second-order valence-electron chi connectivity index (χ2n) is 6.45. The van der Waals surface area contributed by atoms with Crippen LogP contribution in [0.5, 0.6) is 11.5 Å². The molecule has 0 saturated carbocycles. The molecule has 0 atom stereocenters. The molecule has 3 aromatic carbocycles. The highest BCUT2D eigenvalue weighted by Crippen LogP contribution is 2.25. The number of carbonyl (C=O) groups is 1. The average Bonchev–Trinajstić information content (AvgIpc) is 3.27. The zero-order valence-corrected chi connectivity index (χ0v) is 16.3. The van der Waals surface area contributed by atoms with Crippen molar-refractivity contribution in [2.24, 2.45) is 0 Å². The van der Waals surface area contributed by atoms with Gasteiger partial charge in [0.2, 0.25) is 5.82 Å². The minimum Gasteiger partial charge on any atom is -0.484 e. The molecule has 0 fully saturated rings. The molecule has 0 unspecified atom stereocenters. The quantitative estimate of drug-likeness (QED) is 0.453. The lowest BCUT2D eigenvalue weighted by Crippen LogP contribution is -2.20. The summed E-state index contributed by atoms with van der Waals surface area (Å²) in [5.74, 6) is 0.957. The van der Waals surface area contributed by atoms with Gasteiger partial charge in [-0.1, -0.05) is 35.5 Å². The van der Waals surface area contributed by atoms with Crippen LogP contribution in [0, 0.1) is 5.82 Å². The Labute approximate surface area is 177 Å². The summed E-state index contributed by atoms with van der Waals surface area (Å²) in [4.78, 5) is 16.5. The van der Waals surface area contributed by atoms with E-state index in [9.17, 15) is 9.18 Å². The zero-order chi connectivity index (χ0) is 21.5. The van der Waals surface area contributed by atoms with E-state index in [0.717, 1.165) is 0 Å². The molecule has 4 rings (SSSR count). The van der Waals surface area contributed by atoms with Crippen LogP contribution in [0.4, 0.5) is 10.1 Å². The lowest BCUT2D eigenvalue weighted by Gasteiger charge is -2.11. The smallest absolute Gasteiger partial charge is 0.264 e. The van der Waals surface area contributed by atoms with Crippen molar-refractivity contribution in [2.75, 3.05) is 11.9 Å². The molecular weight excluding hydrogens is 401 g/mol. The molecule has 4 aromatic rings. The Hall–Kier alpha value is -4.20. The summed E-state index contributed by atoms with van der Waals surface area (Å²) >= 11 is 0. The van der Waals surface area contributed by atoms with Gasteiger partial charge in [-0.15, -0.1) is 0 Å². The monoisotopic (exact) mass is 419 g/mol. The van der Waals surface area contributed by atoms with Crippen LogP contribution in [0.15, 0.2) is 83.4 Å². The number of ether oxygens (including phenoxy) is 2. The molecule has 0 radical (unpaired) electrons. The van der Waals surface area contributed by atoms with Gasteiger partial charge < -0.3 is 19.3 Å². The first-order chi connectivity index (χ1) is 15.2. The Morgan fingerprint density at radius 1 is 0.935 bits per heavy atom. The van der Waals surface area contributed by atoms with Crippen molar-refractivity contribution >= 4 is 11.6 Å². The predicted octanol–water partition coefficient (Wildman–Crippen LogP) is 4.47. The van der Waals surface area contributed by atoms with Gasteiger partial charge in [0.15, 0.2) is 13.2 Å². The Morgan fingerprint density at radius 2 is 1.68 bits per heavy atom. The number of hydrogen-bond donors (Lipinski definition) is 1. The third-order valence-electron chi connectivity index (χ3n) is 4.20. The summed E-state index contributed by atoms with van der Waals surface area (Å²) in [6, 6.07) is 21.8. The summed E-state index contributed by atoms with van der Waals surface area (Å²) in [6.45, 7) is -0.134. The van der Waals surface area contributed by atoms with Crippen LogP contribution in [0.1, 0.15) is 5.89 Å². The molecule has 156 valence electrons. The number of hydrogen-bond acceptors (Lipinski definition) is 6. The fourth-order valence-corrected chi connectivity index (χ4v) is 2.72. The minimum atomic E-state index is -0.344. The summed E-state index contributed by atoms with van der Waals surface area (Å²) in [6.07, 6.45) is 0. The number of carbonyl (C=O) groups excluding carboxylic acids is 1. The molecule has 1 amide bonds. The first-order valence-electron chi connectivity index (χ1n) is 9.45. The minimum absolute atomic E-state index is 0.00158. The van der Waals surface area contributed by atoms with E-state index >= 15 is 0 Å². The van der Waals surface area contributed by atoms with Crippen LogP contribution in [0.25, 0.3) is 11.4 Å². The van der Waals surface area contributed by atoms with Crippen LogP contribution < -0.4 is 14.8 Å². The topological polar surface area (TPSA) is 86.5 Å². The van der Waals surface area contributed by atoms with Gasteiger partial charge in [-0.05, 0) is 48.5 Å². The highest BCUT2D eigenvalue weighted by atomic mass is 19.1. The van der Waals surface area contributed by atoms with Crippen LogP contribution >= 0.6 is 0 Å². The first kappa shape index (κ1) is 20.1. The molecule has 0 spiro atoms. The summed E-state index contributed by atoms with van der Waals surface area (Å²) in [5, 5.41) is 6.64. The molecule has 0 aliphatic heterocycles. The number of para-hydroxylation sites is 3. The van der Waals surface area contributed by atoms with Gasteiger partial charge in [-0.25, -0.2) is 4.39 Å². The molecule has 7 nitrogen and oxygen atoms in total. The Kier molecular flexibility index (Phi) is 6.18. The lowest BCUT2D eigenvalue weighted by molar-refractivity contribution is -0.118. The fourth-order valence-electron chi connectivity index (χ4n) is 2.72. The molecule has 31 heavy (non-hydrogen) atoms. The molecule has 8 heteroatoms. The van der Waals surface area contributed by atoms with Crippen molar-refractivity contribution in [2.45, 2.75) is 6.61 Å². The van der Waals surface area contributed by atoms with Gasteiger partial charge in [-0.3, -0.25) is 4.79 Å². The van der Waals surface area contributed by atoms with Crippen LogP contribution in [0.2, 0.25) is 0 Å². The predicted molar refractivity (Wildman–Crippen MR) is 111 cm³/mol. The molecule has 0 aliphatic carbocycles. The molecule has 1 aromatic heterocycles. The number of aromatic nitrogens is 2. The number of amides is 1. The van der Waals surface area contributed by atoms with Gasteiger partial charge in [0.1, 0.15) is 17.3 Å². The maximum absolute atomic E-state index is 13.1. The van der Waals surface area contributed by atoms with Crippen LogP contribution in [-0.2, 0) is 11.4 Å². The van der Waals surface area contributed by atoms with Gasteiger partial charge >= 0.3 is 0 Å². The highest BCUT2D eigenvalue weighted by molar-refractivity contribution is 5.93. The van der Waals surface area contributed by atoms with Crippen LogP contribution in [0.3, 0.4) is 0 Å². The van der Waals surface area contributed by atoms with Crippen LogP contribution in [-0.4, -0.2) is 22.7 Å². The normalized spacial score (nSPS) is 10.5. The number of rotatable bonds is 8. The van der Waals surface area contributed by atoms with E-state index in [4.69, 9.17) is 14.0 Å². The third kappa shape index (κ3) is 5.45. The molecule has 0 saturated heterocycles. The van der Waals surface area contributed by atoms with Gasteiger partial charge in [0.05, 0.1) is 5.69 Å². The second-order valence-corrected chi connectivity index (χ2v) is 6.45. The van der Waals surface area contributed by atoms with Crippen molar-refractivity contribution in [1.29, 1.82) is 0 Å². The third-order valence-corrected chi connectivity index (χ3v) is 4.20. The maximum Gasteiger partial charge on any atom is 0.264 e. The summed E-state index contributed by atoms with van der Waals surface area (Å²) in [5.41, 5.74) is 1.12. The number of halogens is 1. The van der Waals surface area contributed by atoms with E-state index in [1.165, 1.54) is 12.1 Å². The molecule has 0 bridgehead atoms. The van der Waals surface area contributed by atoms with Crippen molar-refractivity contribution in [3.63, 3.8) is 0 Å². The summed E-state index contributed by atoms with van der Waals surface area (Å²) < 4.78 is 29.4. The van der Waals surface area contributed by atoms with Gasteiger partial charge in [0.25, 0.3) is 11.8 Å². The van der Waals surface area contributed by atoms with Gasteiger partial charge in [0, 0.05) is 5.56 Å². The Morgan fingerprint density at radius 3 is 2.48 bits per heavy atom. The lowest BCUT2D eigenvalue weighted by atomic mass is 10.2. The average molecular weight is 419 g/mol. The van der Waals surface area contributed by atoms with Crippen molar-refractivity contribution < 1.29 is 23.2 Å². The molecule has 1 N–H and O–H groups in total. The molecule has 0 aliphatic rings. The summed E-state index contributed by atoms with van der Waals surface area (Å²) in [7, 11) is 0. The van der Waals surface area contributed by atoms with Crippen molar-refractivity contribution in [3.8, 4) is 22.9 Å². The maximum atomic E-state index is 13.1. The van der Waals surface area contributed by atoms with E-state index in [1.807, 2.05) is 18.2 Å². The van der Waals surface area contributed by atoms with E-state index in [1.54, 1.807) is 48.5 Å². The van der Waals surface area contributed by atoms with Crippen molar-refractivity contribution in [1.82, 2.24) is 10.1 Å². The number of benzene rings is 3. The number of nitrogens with zero attached hydrogens (tertiary/aromatic N) is 2. The van der Waals surface area contributed by atoms with Gasteiger partial charge in [-0.2, -0.15) is 4.98 Å². The molecule has 1 heterocycles. The number of nitrogens with one attached hydrogen (secondary N) is 1. The fraction of sp³-hybridized carbons (Fsp3) is 0.0870. The Bertz CT molecular complexity index is 1150. The SMILES string of the molecule is O=C(COc1ccccc1)Nc1ccccc1OCc1nc(-c2ccc(F)cc2)no1. The van der Waals surface area contributed by atoms with E-state index in [-0.39, 0.29) is 30.8 Å². The highest BCUT2D eigenvalue weighted by Gasteiger charge is 2.12. The van der Waals surface area contributed by atoms with E-state index in [0.29, 0.717) is 28.6 Å². The zero-order valence-electron chi connectivity index (χ0n) is 16.3. The van der Waals surface area contributed by atoms with E-state index in [2.05, 4.69) is 15.5 Å². The van der Waals surface area contributed by atoms with Crippen molar-refractivity contribution in [3.05, 3.63) is 90.6 Å². The standard InChI is InChI=1S/C23H18FN3O4/c24-17-12-10-16(11-13-17)23-26-22(31-27-23)15-30-20-9-5-4-8-19(20)25-21(28)14-29-18-6-2-1-3-7-18/h1-13H,14-15H2,(H,25,28).